The zero-order valence-corrected chi connectivity index (χ0v) is 18.1. The monoisotopic (exact) mass is 440 g/mol. The second-order valence-corrected chi connectivity index (χ2v) is 7.69. The molecule has 29 heavy (non-hydrogen) atoms. The Balaban J connectivity index is 0.00000300. The highest BCUT2D eigenvalue weighted by atomic mass is 35.5. The minimum Gasteiger partial charge on any atom is -0.364 e. The lowest BCUT2D eigenvalue weighted by Gasteiger charge is -2.34. The third kappa shape index (κ3) is 5.67. The molecule has 3 amide bonds. The lowest BCUT2D eigenvalue weighted by Crippen LogP contribution is -2.48. The van der Waals surface area contributed by atoms with Gasteiger partial charge in [0.1, 0.15) is 10.8 Å². The Morgan fingerprint density at radius 2 is 2.14 bits per heavy atom. The maximum absolute atomic E-state index is 12.2. The zero-order valence-electron chi connectivity index (χ0n) is 16.5. The first-order valence-corrected chi connectivity index (χ1v) is 9.70. The fourth-order valence-electron chi connectivity index (χ4n) is 3.03. The minimum absolute atomic E-state index is 0. The Morgan fingerprint density at radius 1 is 1.38 bits per heavy atom. The Kier molecular flexibility index (Phi) is 7.57. The van der Waals surface area contributed by atoms with Crippen molar-refractivity contribution in [3.63, 3.8) is 0 Å². The van der Waals surface area contributed by atoms with Crippen LogP contribution in [0.25, 0.3) is 0 Å². The number of nitrogens with two attached hydrogens (primary N) is 1. The van der Waals surface area contributed by atoms with E-state index in [0.717, 1.165) is 30.1 Å². The van der Waals surface area contributed by atoms with Crippen LogP contribution in [0, 0.1) is 6.92 Å². The smallest absolute Gasteiger partial charge is 0.319 e. The fraction of sp³-hybridized carbons (Fsp3) is 0.471. The number of halogens is 1. The Morgan fingerprint density at radius 3 is 2.76 bits per heavy atom. The molecule has 0 radical (unpaired) electrons. The standard InChI is InChI=1S/C17H24N8O2S.ClH/c1-10-7-13(28-23-10)22-16-14(15(18)26)19-8-12(21-16)20-11-5-4-6-25(9-11)17(27)24(2)3;/h7-8,11H,4-6,9H2,1-3H3,(H2,18,26)(H2,20,21,22);1H/t11-;/m1./s1. The number of primary amides is 1. The minimum atomic E-state index is -0.664. The fourth-order valence-corrected chi connectivity index (χ4v) is 3.69. The summed E-state index contributed by atoms with van der Waals surface area (Å²) in [5, 5.41) is 7.12. The van der Waals surface area contributed by atoms with Gasteiger partial charge in [0.2, 0.25) is 0 Å². The molecule has 2 aromatic rings. The van der Waals surface area contributed by atoms with Crippen LogP contribution in [0.5, 0.6) is 0 Å². The van der Waals surface area contributed by atoms with E-state index in [4.69, 9.17) is 5.73 Å². The number of carbonyl (C=O) groups excluding carboxylic acids is 2. The van der Waals surface area contributed by atoms with Crippen LogP contribution >= 0.6 is 23.9 Å². The van der Waals surface area contributed by atoms with Gasteiger partial charge in [0.05, 0.1) is 11.9 Å². The van der Waals surface area contributed by atoms with Crippen molar-refractivity contribution in [3.05, 3.63) is 23.7 Å². The number of carbonyl (C=O) groups is 2. The van der Waals surface area contributed by atoms with Crippen LogP contribution in [-0.4, -0.2) is 69.3 Å². The van der Waals surface area contributed by atoms with Crippen molar-refractivity contribution in [2.75, 3.05) is 37.8 Å². The number of nitrogens with zero attached hydrogens (tertiary/aromatic N) is 5. The quantitative estimate of drug-likeness (QED) is 0.648. The van der Waals surface area contributed by atoms with Gasteiger partial charge in [-0.2, -0.15) is 4.37 Å². The molecule has 0 aromatic carbocycles. The highest BCUT2D eigenvalue weighted by Crippen LogP contribution is 2.24. The molecule has 3 rings (SSSR count). The number of hydrogen-bond donors (Lipinski definition) is 3. The van der Waals surface area contributed by atoms with E-state index >= 15 is 0 Å². The van der Waals surface area contributed by atoms with Gasteiger partial charge in [-0.3, -0.25) is 4.79 Å². The molecular formula is C17H25ClN8O2S. The molecule has 158 valence electrons. The molecule has 1 saturated heterocycles. The number of aryl methyl sites for hydroxylation is 1. The number of urea groups is 1. The number of anilines is 3. The Bertz CT molecular complexity index is 875. The van der Waals surface area contributed by atoms with Crippen LogP contribution in [0.4, 0.5) is 21.4 Å². The van der Waals surface area contributed by atoms with Gasteiger partial charge >= 0.3 is 6.03 Å². The summed E-state index contributed by atoms with van der Waals surface area (Å²) in [4.78, 5) is 35.9. The number of hydrogen-bond acceptors (Lipinski definition) is 8. The largest absolute Gasteiger partial charge is 0.364 e. The molecule has 2 aromatic heterocycles. The van der Waals surface area contributed by atoms with Gasteiger partial charge in [0.15, 0.2) is 11.5 Å². The number of likely N-dealkylation sites (tertiary alicyclic amines) is 1. The number of nitrogens with one attached hydrogen (secondary N) is 2. The van der Waals surface area contributed by atoms with E-state index in [-0.39, 0.29) is 36.0 Å². The molecule has 0 unspecified atom stereocenters. The first-order chi connectivity index (χ1) is 13.3. The molecule has 0 spiro atoms. The predicted molar refractivity (Wildman–Crippen MR) is 115 cm³/mol. The van der Waals surface area contributed by atoms with Crippen LogP contribution in [0.3, 0.4) is 0 Å². The highest BCUT2D eigenvalue weighted by Gasteiger charge is 2.25. The van der Waals surface area contributed by atoms with Crippen LogP contribution in [0.1, 0.15) is 29.0 Å². The van der Waals surface area contributed by atoms with Gasteiger partial charge in [0, 0.05) is 33.2 Å². The second-order valence-electron chi connectivity index (χ2n) is 6.88. The summed E-state index contributed by atoms with van der Waals surface area (Å²) in [5.41, 5.74) is 6.35. The summed E-state index contributed by atoms with van der Waals surface area (Å²) < 4.78 is 4.20. The molecule has 3 heterocycles. The molecule has 4 N–H and O–H groups in total. The summed E-state index contributed by atoms with van der Waals surface area (Å²) in [6, 6.07) is 1.89. The van der Waals surface area contributed by atoms with Crippen molar-refractivity contribution < 1.29 is 9.59 Å². The van der Waals surface area contributed by atoms with Gasteiger partial charge in [0.25, 0.3) is 5.91 Å². The highest BCUT2D eigenvalue weighted by molar-refractivity contribution is 7.10. The number of aromatic nitrogens is 3. The summed E-state index contributed by atoms with van der Waals surface area (Å²) in [6.45, 7) is 3.19. The van der Waals surface area contributed by atoms with Gasteiger partial charge in [-0.25, -0.2) is 14.8 Å². The van der Waals surface area contributed by atoms with Crippen molar-refractivity contribution in [1.29, 1.82) is 0 Å². The maximum Gasteiger partial charge on any atom is 0.319 e. The first kappa shape index (κ1) is 22.6. The summed E-state index contributed by atoms with van der Waals surface area (Å²) in [6.07, 6.45) is 3.29. The summed E-state index contributed by atoms with van der Waals surface area (Å²) in [7, 11) is 3.49. The van der Waals surface area contributed by atoms with E-state index < -0.39 is 5.91 Å². The lowest BCUT2D eigenvalue weighted by atomic mass is 10.1. The SMILES string of the molecule is Cc1cc(Nc2nc(N[C@@H]3CCCN(C(=O)N(C)C)C3)cnc2C(N)=O)sn1.Cl. The van der Waals surface area contributed by atoms with Crippen molar-refractivity contribution in [2.45, 2.75) is 25.8 Å². The molecule has 10 nitrogen and oxygen atoms in total. The molecule has 1 aliphatic heterocycles. The van der Waals surface area contributed by atoms with Crippen molar-refractivity contribution in [1.82, 2.24) is 24.1 Å². The first-order valence-electron chi connectivity index (χ1n) is 8.93. The average Bonchev–Trinajstić information content (AvgIpc) is 3.06. The van der Waals surface area contributed by atoms with E-state index in [1.54, 1.807) is 19.0 Å². The van der Waals surface area contributed by atoms with Crippen LogP contribution < -0.4 is 16.4 Å². The second kappa shape index (κ2) is 9.70. The molecule has 1 fully saturated rings. The molecule has 12 heteroatoms. The summed E-state index contributed by atoms with van der Waals surface area (Å²) in [5.74, 6) is 0.124. The van der Waals surface area contributed by atoms with E-state index in [1.807, 2.05) is 17.9 Å². The van der Waals surface area contributed by atoms with Gasteiger partial charge in [-0.15, -0.1) is 12.4 Å². The van der Waals surface area contributed by atoms with E-state index in [9.17, 15) is 9.59 Å². The molecular weight excluding hydrogens is 416 g/mol. The average molecular weight is 441 g/mol. The summed E-state index contributed by atoms with van der Waals surface area (Å²) >= 11 is 1.26. The number of amides is 3. The van der Waals surface area contributed by atoms with Crippen LogP contribution in [0.2, 0.25) is 0 Å². The molecule has 0 bridgehead atoms. The van der Waals surface area contributed by atoms with Crippen molar-refractivity contribution in [2.24, 2.45) is 5.73 Å². The molecule has 0 aliphatic carbocycles. The molecule has 1 aliphatic rings. The predicted octanol–water partition coefficient (Wildman–Crippen LogP) is 2.06. The lowest BCUT2D eigenvalue weighted by molar-refractivity contribution is 0.0996. The number of rotatable bonds is 5. The zero-order chi connectivity index (χ0) is 20.3. The Hall–Kier alpha value is -2.66. The third-order valence-electron chi connectivity index (χ3n) is 4.30. The van der Waals surface area contributed by atoms with E-state index in [1.165, 1.54) is 17.7 Å². The van der Waals surface area contributed by atoms with Crippen molar-refractivity contribution in [3.8, 4) is 0 Å². The topological polar surface area (TPSA) is 129 Å². The maximum atomic E-state index is 12.2. The normalized spacial score (nSPS) is 16.0. The Labute approximate surface area is 179 Å². The third-order valence-corrected chi connectivity index (χ3v) is 5.10. The van der Waals surface area contributed by atoms with Gasteiger partial charge in [-0.1, -0.05) is 0 Å². The molecule has 0 saturated carbocycles. The molecule has 1 atom stereocenters. The van der Waals surface area contributed by atoms with Gasteiger partial charge < -0.3 is 26.2 Å². The van der Waals surface area contributed by atoms with E-state index in [2.05, 4.69) is 25.0 Å². The van der Waals surface area contributed by atoms with Crippen molar-refractivity contribution >= 4 is 52.5 Å². The van der Waals surface area contributed by atoms with E-state index in [0.29, 0.717) is 12.4 Å². The van der Waals surface area contributed by atoms with Gasteiger partial charge in [-0.05, 0) is 37.4 Å². The number of piperidine rings is 1. The van der Waals surface area contributed by atoms with Crippen LogP contribution in [-0.2, 0) is 0 Å². The van der Waals surface area contributed by atoms with Crippen LogP contribution in [0.15, 0.2) is 12.3 Å².